The Balaban J connectivity index is 0.00000180. The minimum Gasteiger partial charge on any atom is -0.299 e. The summed E-state index contributed by atoms with van der Waals surface area (Å²) in [6.45, 7) is 3.14. The molecule has 2 rings (SSSR count). The fourth-order valence-electron chi connectivity index (χ4n) is 2.51. The number of nitrogens with one attached hydrogen (secondary N) is 1. The van der Waals surface area contributed by atoms with Crippen LogP contribution in [-0.2, 0) is 11.3 Å². The molecule has 1 heterocycles. The molecule has 4 nitrogen and oxygen atoms in total. The van der Waals surface area contributed by atoms with Crippen molar-refractivity contribution < 1.29 is 4.79 Å². The molecule has 1 amide bonds. The third kappa shape index (κ3) is 5.19. The van der Waals surface area contributed by atoms with Gasteiger partial charge in [-0.1, -0.05) is 30.3 Å². The van der Waals surface area contributed by atoms with Crippen LogP contribution in [-0.4, -0.2) is 23.9 Å². The quantitative estimate of drug-likeness (QED) is 0.502. The highest BCUT2D eigenvalue weighted by molar-refractivity contribution is 5.85. The number of piperidine rings is 1. The van der Waals surface area contributed by atoms with E-state index in [0.717, 1.165) is 32.5 Å². The lowest BCUT2D eigenvalue weighted by molar-refractivity contribution is -0.122. The second-order valence-electron chi connectivity index (χ2n) is 4.98. The second kappa shape index (κ2) is 8.15. The molecule has 1 aromatic carbocycles. The number of carbonyl (C=O) groups excluding carboxylic acids is 1. The Labute approximate surface area is 120 Å². The zero-order chi connectivity index (χ0) is 12.8. The van der Waals surface area contributed by atoms with Crippen LogP contribution in [0.5, 0.6) is 0 Å². The molecule has 0 spiro atoms. The van der Waals surface area contributed by atoms with E-state index in [4.69, 9.17) is 5.84 Å². The molecular weight excluding hydrogens is 262 g/mol. The largest absolute Gasteiger partial charge is 0.299 e. The second-order valence-corrected chi connectivity index (χ2v) is 4.98. The van der Waals surface area contributed by atoms with Crippen molar-refractivity contribution in [1.82, 2.24) is 10.3 Å². The first kappa shape index (κ1) is 16.0. The summed E-state index contributed by atoms with van der Waals surface area (Å²) in [6, 6.07) is 10.5. The van der Waals surface area contributed by atoms with Crippen molar-refractivity contribution in [1.29, 1.82) is 0 Å². The number of hydrogen-bond acceptors (Lipinski definition) is 3. The molecule has 1 fully saturated rings. The highest BCUT2D eigenvalue weighted by Crippen LogP contribution is 2.21. The molecule has 1 aliphatic rings. The molecule has 0 aromatic heterocycles. The van der Waals surface area contributed by atoms with Crippen molar-refractivity contribution >= 4 is 18.3 Å². The van der Waals surface area contributed by atoms with Crippen LogP contribution in [0.15, 0.2) is 30.3 Å². The van der Waals surface area contributed by atoms with Gasteiger partial charge >= 0.3 is 0 Å². The Morgan fingerprint density at radius 3 is 2.47 bits per heavy atom. The molecule has 0 aliphatic carbocycles. The molecule has 0 radical (unpaired) electrons. The van der Waals surface area contributed by atoms with Crippen LogP contribution in [0.4, 0.5) is 0 Å². The number of carbonyl (C=O) groups is 1. The average Bonchev–Trinajstić information content (AvgIpc) is 2.42. The highest BCUT2D eigenvalue weighted by atomic mass is 35.5. The minimum atomic E-state index is -0.0449. The summed E-state index contributed by atoms with van der Waals surface area (Å²) >= 11 is 0. The van der Waals surface area contributed by atoms with Gasteiger partial charge in [0.15, 0.2) is 0 Å². The minimum absolute atomic E-state index is 0. The van der Waals surface area contributed by atoms with Gasteiger partial charge in [-0.3, -0.25) is 15.1 Å². The number of amides is 1. The average molecular weight is 284 g/mol. The van der Waals surface area contributed by atoms with Gasteiger partial charge in [0.1, 0.15) is 0 Å². The fourth-order valence-corrected chi connectivity index (χ4v) is 2.51. The van der Waals surface area contributed by atoms with Crippen molar-refractivity contribution in [2.45, 2.75) is 25.8 Å². The number of rotatable bonds is 4. The summed E-state index contributed by atoms with van der Waals surface area (Å²) in [4.78, 5) is 13.7. The summed E-state index contributed by atoms with van der Waals surface area (Å²) < 4.78 is 0. The van der Waals surface area contributed by atoms with Gasteiger partial charge in [-0.05, 0) is 37.4 Å². The monoisotopic (exact) mass is 283 g/mol. The molecule has 19 heavy (non-hydrogen) atoms. The Hall–Kier alpha value is -1.10. The first-order chi connectivity index (χ1) is 8.78. The van der Waals surface area contributed by atoms with E-state index in [1.54, 1.807) is 0 Å². The third-order valence-corrected chi connectivity index (χ3v) is 3.59. The molecule has 0 unspecified atom stereocenters. The van der Waals surface area contributed by atoms with Crippen molar-refractivity contribution in [3.8, 4) is 0 Å². The highest BCUT2D eigenvalue weighted by Gasteiger charge is 2.21. The van der Waals surface area contributed by atoms with Gasteiger partial charge in [-0.25, -0.2) is 5.84 Å². The maximum atomic E-state index is 11.2. The Morgan fingerprint density at radius 2 is 1.89 bits per heavy atom. The van der Waals surface area contributed by atoms with E-state index in [1.165, 1.54) is 5.56 Å². The zero-order valence-corrected chi connectivity index (χ0v) is 11.9. The van der Waals surface area contributed by atoms with Crippen molar-refractivity contribution in [3.05, 3.63) is 35.9 Å². The summed E-state index contributed by atoms with van der Waals surface area (Å²) in [5.74, 6) is 5.55. The number of halogens is 1. The number of hydrazine groups is 1. The van der Waals surface area contributed by atoms with E-state index in [2.05, 4.69) is 34.6 Å². The number of hydrogen-bond donors (Lipinski definition) is 2. The number of nitrogens with zero attached hydrogens (tertiary/aromatic N) is 1. The van der Waals surface area contributed by atoms with Crippen LogP contribution >= 0.6 is 12.4 Å². The Bertz CT molecular complexity index is 378. The lowest BCUT2D eigenvalue weighted by Crippen LogP contribution is -2.37. The molecule has 0 atom stereocenters. The van der Waals surface area contributed by atoms with Crippen LogP contribution in [0.3, 0.4) is 0 Å². The van der Waals surface area contributed by atoms with Gasteiger partial charge in [0, 0.05) is 13.0 Å². The summed E-state index contributed by atoms with van der Waals surface area (Å²) in [7, 11) is 0. The topological polar surface area (TPSA) is 58.4 Å². The summed E-state index contributed by atoms with van der Waals surface area (Å²) in [5.41, 5.74) is 3.57. The van der Waals surface area contributed by atoms with Gasteiger partial charge in [-0.15, -0.1) is 12.4 Å². The van der Waals surface area contributed by atoms with Crippen LogP contribution < -0.4 is 11.3 Å². The molecule has 0 saturated carbocycles. The van der Waals surface area contributed by atoms with E-state index in [0.29, 0.717) is 12.3 Å². The summed E-state index contributed by atoms with van der Waals surface area (Å²) in [6.07, 6.45) is 2.73. The van der Waals surface area contributed by atoms with E-state index in [1.807, 2.05) is 6.07 Å². The predicted octanol–water partition coefficient (Wildman–Crippen LogP) is 1.70. The van der Waals surface area contributed by atoms with E-state index in [-0.39, 0.29) is 18.3 Å². The SMILES string of the molecule is Cl.NNC(=O)CC1CCN(Cc2ccccc2)CC1. The van der Waals surface area contributed by atoms with Gasteiger partial charge in [-0.2, -0.15) is 0 Å². The summed E-state index contributed by atoms with van der Waals surface area (Å²) in [5, 5.41) is 0. The normalized spacial score (nSPS) is 16.7. The van der Waals surface area contributed by atoms with Crippen LogP contribution in [0.25, 0.3) is 0 Å². The van der Waals surface area contributed by atoms with Gasteiger partial charge in [0.05, 0.1) is 0 Å². The number of benzene rings is 1. The lowest BCUT2D eigenvalue weighted by atomic mass is 9.93. The fraction of sp³-hybridized carbons (Fsp3) is 0.500. The Kier molecular flexibility index (Phi) is 6.84. The van der Waals surface area contributed by atoms with E-state index < -0.39 is 0 Å². The zero-order valence-electron chi connectivity index (χ0n) is 11.0. The number of nitrogens with two attached hydrogens (primary N) is 1. The number of likely N-dealkylation sites (tertiary alicyclic amines) is 1. The maximum absolute atomic E-state index is 11.2. The van der Waals surface area contributed by atoms with Gasteiger partial charge in [0.25, 0.3) is 0 Å². The predicted molar refractivity (Wildman–Crippen MR) is 78.6 cm³/mol. The molecule has 106 valence electrons. The van der Waals surface area contributed by atoms with Crippen LogP contribution in [0.2, 0.25) is 0 Å². The molecule has 3 N–H and O–H groups in total. The molecular formula is C14H22ClN3O. The maximum Gasteiger partial charge on any atom is 0.234 e. The molecule has 1 aromatic rings. The standard InChI is InChI=1S/C14H21N3O.ClH/c15-16-14(18)10-12-6-8-17(9-7-12)11-13-4-2-1-3-5-13;/h1-5,12H,6-11,15H2,(H,16,18);1H. The molecule has 1 aliphatic heterocycles. The van der Waals surface area contributed by atoms with Crippen molar-refractivity contribution in [2.75, 3.05) is 13.1 Å². The van der Waals surface area contributed by atoms with Gasteiger partial charge < -0.3 is 0 Å². The first-order valence-corrected chi connectivity index (χ1v) is 6.53. The van der Waals surface area contributed by atoms with Crippen molar-refractivity contribution in [2.24, 2.45) is 11.8 Å². The third-order valence-electron chi connectivity index (χ3n) is 3.59. The first-order valence-electron chi connectivity index (χ1n) is 6.53. The molecule has 0 bridgehead atoms. The van der Waals surface area contributed by atoms with E-state index >= 15 is 0 Å². The smallest absolute Gasteiger partial charge is 0.234 e. The van der Waals surface area contributed by atoms with Crippen molar-refractivity contribution in [3.63, 3.8) is 0 Å². The molecule has 5 heteroatoms. The van der Waals surface area contributed by atoms with Crippen LogP contribution in [0.1, 0.15) is 24.8 Å². The lowest BCUT2D eigenvalue weighted by Gasteiger charge is -2.31. The van der Waals surface area contributed by atoms with Gasteiger partial charge in [0.2, 0.25) is 5.91 Å². The Morgan fingerprint density at radius 1 is 1.26 bits per heavy atom. The van der Waals surface area contributed by atoms with Crippen LogP contribution in [0, 0.1) is 5.92 Å². The van der Waals surface area contributed by atoms with E-state index in [9.17, 15) is 4.79 Å². The molecule has 1 saturated heterocycles.